The molecule has 0 fully saturated rings. The van der Waals surface area contributed by atoms with E-state index in [1.165, 1.54) is 11.1 Å². The summed E-state index contributed by atoms with van der Waals surface area (Å²) in [6.45, 7) is 2.63. The molecular formula is C23H26N2O3. The van der Waals surface area contributed by atoms with Gasteiger partial charge in [0.05, 0.1) is 0 Å². The number of amides is 2. The van der Waals surface area contributed by atoms with Gasteiger partial charge in [-0.1, -0.05) is 19.1 Å². The summed E-state index contributed by atoms with van der Waals surface area (Å²) < 4.78 is 0. The molecule has 0 spiro atoms. The summed E-state index contributed by atoms with van der Waals surface area (Å²) in [7, 11) is 0. The van der Waals surface area contributed by atoms with Crippen molar-refractivity contribution in [2.24, 2.45) is 0 Å². The summed E-state index contributed by atoms with van der Waals surface area (Å²) in [5, 5.41) is 5.59. The van der Waals surface area contributed by atoms with Crippen LogP contribution in [0.2, 0.25) is 0 Å². The lowest BCUT2D eigenvalue weighted by molar-refractivity contribution is -0.116. The average molecular weight is 378 g/mol. The second kappa shape index (κ2) is 9.31. The largest absolute Gasteiger partial charge is 0.352 e. The van der Waals surface area contributed by atoms with Crippen molar-refractivity contribution in [3.63, 3.8) is 0 Å². The Morgan fingerprint density at radius 2 is 1.61 bits per heavy atom. The highest BCUT2D eigenvalue weighted by Gasteiger charge is 2.15. The van der Waals surface area contributed by atoms with E-state index in [0.717, 1.165) is 25.7 Å². The van der Waals surface area contributed by atoms with Crippen molar-refractivity contribution in [3.05, 3.63) is 64.7 Å². The molecule has 0 radical (unpaired) electrons. The molecule has 0 heterocycles. The minimum atomic E-state index is -0.210. The number of hydrogen-bond acceptors (Lipinski definition) is 3. The summed E-state index contributed by atoms with van der Waals surface area (Å²) in [5.74, 6) is -0.342. The van der Waals surface area contributed by atoms with Crippen LogP contribution in [0.15, 0.2) is 42.5 Å². The number of nitrogens with one attached hydrogen (secondary N) is 2. The minimum Gasteiger partial charge on any atom is -0.352 e. The third-order valence-corrected chi connectivity index (χ3v) is 4.97. The molecule has 1 aliphatic carbocycles. The van der Waals surface area contributed by atoms with Crippen LogP contribution in [0.4, 0.5) is 5.69 Å². The van der Waals surface area contributed by atoms with Crippen molar-refractivity contribution in [2.75, 3.05) is 11.9 Å². The molecule has 0 saturated carbocycles. The van der Waals surface area contributed by atoms with Gasteiger partial charge >= 0.3 is 0 Å². The number of carbonyl (C=O) groups excluding carboxylic acids is 3. The number of hydrogen-bond donors (Lipinski definition) is 2. The van der Waals surface area contributed by atoms with Crippen LogP contribution in [-0.2, 0) is 17.6 Å². The Bertz CT molecular complexity index is 872. The maximum Gasteiger partial charge on any atom is 0.251 e. The molecule has 0 saturated heterocycles. The van der Waals surface area contributed by atoms with Gasteiger partial charge in [0.2, 0.25) is 5.91 Å². The SMILES string of the molecule is CCCNC(=O)c1ccc(NC(=O)CCC(=O)c2ccc3c(c2)CCC3)cc1. The molecule has 0 atom stereocenters. The van der Waals surface area contributed by atoms with Crippen LogP contribution < -0.4 is 10.6 Å². The van der Waals surface area contributed by atoms with Gasteiger partial charge in [0.15, 0.2) is 5.78 Å². The van der Waals surface area contributed by atoms with Gasteiger partial charge < -0.3 is 10.6 Å². The Hall–Kier alpha value is -2.95. The van der Waals surface area contributed by atoms with Crippen LogP contribution in [0.5, 0.6) is 0 Å². The average Bonchev–Trinajstić information content (AvgIpc) is 3.18. The van der Waals surface area contributed by atoms with Gasteiger partial charge in [0.25, 0.3) is 5.91 Å². The number of rotatable bonds is 8. The quantitative estimate of drug-likeness (QED) is 0.684. The predicted molar refractivity (Wildman–Crippen MR) is 110 cm³/mol. The van der Waals surface area contributed by atoms with Crippen molar-refractivity contribution in [2.45, 2.75) is 45.4 Å². The van der Waals surface area contributed by atoms with Gasteiger partial charge in [-0.2, -0.15) is 0 Å². The first-order chi connectivity index (χ1) is 13.6. The van der Waals surface area contributed by atoms with Gasteiger partial charge in [0, 0.05) is 36.2 Å². The van der Waals surface area contributed by atoms with E-state index in [9.17, 15) is 14.4 Å². The molecule has 3 rings (SSSR count). The smallest absolute Gasteiger partial charge is 0.251 e. The van der Waals surface area contributed by atoms with Crippen molar-refractivity contribution in [1.82, 2.24) is 5.32 Å². The Kier molecular flexibility index (Phi) is 6.58. The first-order valence-electron chi connectivity index (χ1n) is 9.90. The maximum absolute atomic E-state index is 12.4. The highest BCUT2D eigenvalue weighted by Crippen LogP contribution is 2.23. The molecule has 0 aromatic heterocycles. The number of benzene rings is 2. The van der Waals surface area contributed by atoms with Crippen molar-refractivity contribution in [3.8, 4) is 0 Å². The lowest BCUT2D eigenvalue weighted by Gasteiger charge is -2.08. The van der Waals surface area contributed by atoms with E-state index >= 15 is 0 Å². The van der Waals surface area contributed by atoms with Crippen LogP contribution in [0, 0.1) is 0 Å². The fraction of sp³-hybridized carbons (Fsp3) is 0.348. The van der Waals surface area contributed by atoms with E-state index in [2.05, 4.69) is 10.6 Å². The second-order valence-corrected chi connectivity index (χ2v) is 7.14. The van der Waals surface area contributed by atoms with Crippen molar-refractivity contribution >= 4 is 23.3 Å². The molecule has 2 aromatic carbocycles. The van der Waals surface area contributed by atoms with E-state index < -0.39 is 0 Å². The summed E-state index contributed by atoms with van der Waals surface area (Å²) in [6, 6.07) is 12.6. The lowest BCUT2D eigenvalue weighted by atomic mass is 10.0. The number of ketones is 1. The van der Waals surface area contributed by atoms with E-state index in [0.29, 0.717) is 23.4 Å². The molecule has 2 N–H and O–H groups in total. The maximum atomic E-state index is 12.4. The fourth-order valence-corrected chi connectivity index (χ4v) is 3.39. The van der Waals surface area contributed by atoms with Crippen molar-refractivity contribution < 1.29 is 14.4 Å². The molecule has 2 amide bonds. The van der Waals surface area contributed by atoms with E-state index in [-0.39, 0.29) is 30.4 Å². The summed E-state index contributed by atoms with van der Waals surface area (Å²) in [4.78, 5) is 36.4. The number of aryl methyl sites for hydroxylation is 2. The number of fused-ring (bicyclic) bond motifs is 1. The van der Waals surface area contributed by atoms with Gasteiger partial charge in [0.1, 0.15) is 0 Å². The van der Waals surface area contributed by atoms with E-state index in [4.69, 9.17) is 0 Å². The zero-order chi connectivity index (χ0) is 19.9. The Morgan fingerprint density at radius 3 is 2.36 bits per heavy atom. The molecule has 0 aliphatic heterocycles. The Balaban J connectivity index is 1.49. The van der Waals surface area contributed by atoms with Crippen LogP contribution in [0.1, 0.15) is 64.4 Å². The molecule has 0 bridgehead atoms. The van der Waals surface area contributed by atoms with Crippen molar-refractivity contribution in [1.29, 1.82) is 0 Å². The highest BCUT2D eigenvalue weighted by atomic mass is 16.2. The van der Waals surface area contributed by atoms with Crippen LogP contribution >= 0.6 is 0 Å². The molecule has 146 valence electrons. The van der Waals surface area contributed by atoms with E-state index in [1.54, 1.807) is 24.3 Å². The first kappa shape index (κ1) is 19.8. The topological polar surface area (TPSA) is 75.3 Å². The molecule has 2 aromatic rings. The monoisotopic (exact) mass is 378 g/mol. The molecule has 5 nitrogen and oxygen atoms in total. The summed E-state index contributed by atoms with van der Waals surface area (Å²) in [6.07, 6.45) is 4.46. The van der Waals surface area contributed by atoms with Crippen LogP contribution in [0.3, 0.4) is 0 Å². The summed E-state index contributed by atoms with van der Waals surface area (Å²) in [5.41, 5.74) is 4.45. The summed E-state index contributed by atoms with van der Waals surface area (Å²) >= 11 is 0. The lowest BCUT2D eigenvalue weighted by Crippen LogP contribution is -2.23. The van der Waals surface area contributed by atoms with E-state index in [1.807, 2.05) is 25.1 Å². The molecule has 5 heteroatoms. The zero-order valence-electron chi connectivity index (χ0n) is 16.2. The zero-order valence-corrected chi connectivity index (χ0v) is 16.2. The third-order valence-electron chi connectivity index (χ3n) is 4.97. The Labute approximate surface area is 165 Å². The number of anilines is 1. The number of Topliss-reactive ketones (excluding diaryl/α,β-unsaturated/α-hetero) is 1. The normalized spacial score (nSPS) is 12.3. The standard InChI is InChI=1S/C23H26N2O3/c1-2-14-24-23(28)17-8-10-20(11-9-17)25-22(27)13-12-21(26)19-7-6-16-4-3-5-18(16)15-19/h6-11,15H,2-5,12-14H2,1H3,(H,24,28)(H,25,27). The molecule has 0 unspecified atom stereocenters. The number of carbonyl (C=O) groups is 3. The molecule has 28 heavy (non-hydrogen) atoms. The fourth-order valence-electron chi connectivity index (χ4n) is 3.39. The third kappa shape index (κ3) is 5.06. The van der Waals surface area contributed by atoms with Gasteiger partial charge in [-0.3, -0.25) is 14.4 Å². The van der Waals surface area contributed by atoms with Gasteiger partial charge in [-0.15, -0.1) is 0 Å². The predicted octanol–water partition coefficient (Wildman–Crippen LogP) is 3.92. The molecular weight excluding hydrogens is 352 g/mol. The molecule has 1 aliphatic rings. The van der Waals surface area contributed by atoms with Gasteiger partial charge in [-0.25, -0.2) is 0 Å². The van der Waals surface area contributed by atoms with Gasteiger partial charge in [-0.05, 0) is 67.1 Å². The van der Waals surface area contributed by atoms with Crippen LogP contribution in [-0.4, -0.2) is 24.1 Å². The Morgan fingerprint density at radius 1 is 0.893 bits per heavy atom. The minimum absolute atomic E-state index is 0.00667. The second-order valence-electron chi connectivity index (χ2n) is 7.14. The highest BCUT2D eigenvalue weighted by molar-refractivity contribution is 6.00. The van der Waals surface area contributed by atoms with Crippen LogP contribution in [0.25, 0.3) is 0 Å². The first-order valence-corrected chi connectivity index (χ1v) is 9.90.